The summed E-state index contributed by atoms with van der Waals surface area (Å²) < 4.78 is 13.7. The molecule has 17 heavy (non-hydrogen) atoms. The van der Waals surface area contributed by atoms with Crippen LogP contribution in [0.15, 0.2) is 18.2 Å². The van der Waals surface area contributed by atoms with E-state index < -0.39 is 0 Å². The van der Waals surface area contributed by atoms with Crippen molar-refractivity contribution in [1.29, 1.82) is 0 Å². The Balaban J connectivity index is 2.25. The number of likely N-dealkylation sites (N-methyl/N-ethyl adjacent to an activating group) is 1. The minimum atomic E-state index is -0.250. The quantitative estimate of drug-likeness (QED) is 0.731. The van der Waals surface area contributed by atoms with Crippen LogP contribution in [0.1, 0.15) is 17.3 Å². The van der Waals surface area contributed by atoms with Crippen molar-refractivity contribution >= 4 is 11.5 Å². The van der Waals surface area contributed by atoms with E-state index in [-0.39, 0.29) is 11.6 Å². The summed E-state index contributed by atoms with van der Waals surface area (Å²) in [6.45, 7) is 4.94. The number of nitrogens with zero attached hydrogens (tertiary/aromatic N) is 2. The molecule has 3 nitrogen and oxygen atoms in total. The van der Waals surface area contributed by atoms with Gasteiger partial charge in [0.25, 0.3) is 0 Å². The number of carbonyl (C=O) groups is 1. The van der Waals surface area contributed by atoms with Gasteiger partial charge in [-0.25, -0.2) is 4.39 Å². The summed E-state index contributed by atoms with van der Waals surface area (Å²) in [5.41, 5.74) is 1.12. The van der Waals surface area contributed by atoms with E-state index in [9.17, 15) is 9.18 Å². The number of halogens is 1. The Morgan fingerprint density at radius 3 is 2.47 bits per heavy atom. The highest BCUT2D eigenvalue weighted by Crippen LogP contribution is 2.22. The van der Waals surface area contributed by atoms with E-state index in [1.54, 1.807) is 6.07 Å². The highest BCUT2D eigenvalue weighted by atomic mass is 19.1. The number of carbonyl (C=O) groups excluding carboxylic acids is 1. The molecule has 0 N–H and O–H groups in total. The number of rotatable bonds is 2. The first-order valence-corrected chi connectivity index (χ1v) is 5.82. The highest BCUT2D eigenvalue weighted by molar-refractivity contribution is 5.95. The molecule has 1 fully saturated rings. The van der Waals surface area contributed by atoms with Crippen LogP contribution in [0.5, 0.6) is 0 Å². The molecule has 0 radical (unpaired) electrons. The predicted octanol–water partition coefficient (Wildman–Crippen LogP) is 1.78. The fourth-order valence-corrected chi connectivity index (χ4v) is 2.02. The van der Waals surface area contributed by atoms with Gasteiger partial charge in [-0.15, -0.1) is 0 Å². The van der Waals surface area contributed by atoms with Crippen molar-refractivity contribution in [2.75, 3.05) is 38.1 Å². The van der Waals surface area contributed by atoms with Gasteiger partial charge in [0.2, 0.25) is 0 Å². The Labute approximate surface area is 101 Å². The summed E-state index contributed by atoms with van der Waals surface area (Å²) in [4.78, 5) is 15.5. The number of benzene rings is 1. The topological polar surface area (TPSA) is 23.6 Å². The van der Waals surface area contributed by atoms with Crippen molar-refractivity contribution in [2.24, 2.45) is 0 Å². The van der Waals surface area contributed by atoms with Crippen LogP contribution in [0, 0.1) is 5.82 Å². The van der Waals surface area contributed by atoms with Gasteiger partial charge in [0.1, 0.15) is 5.82 Å². The Hall–Kier alpha value is -1.42. The molecule has 0 amide bonds. The lowest BCUT2D eigenvalue weighted by molar-refractivity contribution is 0.101. The average molecular weight is 236 g/mol. The second-order valence-electron chi connectivity index (χ2n) is 4.51. The maximum absolute atomic E-state index is 13.7. The largest absolute Gasteiger partial charge is 0.367 e. The van der Waals surface area contributed by atoms with E-state index in [1.165, 1.54) is 19.1 Å². The van der Waals surface area contributed by atoms with Crippen molar-refractivity contribution < 1.29 is 9.18 Å². The van der Waals surface area contributed by atoms with Crippen molar-refractivity contribution in [3.63, 3.8) is 0 Å². The molecule has 1 aromatic carbocycles. The first-order chi connectivity index (χ1) is 8.08. The minimum Gasteiger partial charge on any atom is -0.367 e. The molecule has 0 unspecified atom stereocenters. The zero-order valence-electron chi connectivity index (χ0n) is 10.2. The molecular weight excluding hydrogens is 219 g/mol. The molecule has 4 heteroatoms. The molecule has 0 bridgehead atoms. The van der Waals surface area contributed by atoms with Crippen LogP contribution in [0.4, 0.5) is 10.1 Å². The number of hydrogen-bond acceptors (Lipinski definition) is 3. The van der Waals surface area contributed by atoms with E-state index in [2.05, 4.69) is 11.9 Å². The second-order valence-corrected chi connectivity index (χ2v) is 4.51. The van der Waals surface area contributed by atoms with Gasteiger partial charge in [-0.05, 0) is 32.2 Å². The van der Waals surface area contributed by atoms with Crippen LogP contribution in [0.2, 0.25) is 0 Å². The molecule has 0 atom stereocenters. The number of Topliss-reactive ketones (excluding diaryl/α,β-unsaturated/α-hetero) is 1. The molecule has 1 heterocycles. The lowest BCUT2D eigenvalue weighted by Crippen LogP contribution is -2.44. The third-order valence-electron chi connectivity index (χ3n) is 3.20. The first-order valence-electron chi connectivity index (χ1n) is 5.82. The van der Waals surface area contributed by atoms with Crippen LogP contribution < -0.4 is 4.90 Å². The SMILES string of the molecule is CC(=O)c1ccc(F)c(N2CCN(C)CC2)c1. The van der Waals surface area contributed by atoms with Crippen LogP contribution in [-0.4, -0.2) is 43.9 Å². The van der Waals surface area contributed by atoms with Gasteiger partial charge in [-0.3, -0.25) is 4.79 Å². The van der Waals surface area contributed by atoms with Gasteiger partial charge >= 0.3 is 0 Å². The number of hydrogen-bond donors (Lipinski definition) is 0. The smallest absolute Gasteiger partial charge is 0.159 e. The molecule has 1 aliphatic heterocycles. The van der Waals surface area contributed by atoms with Crippen molar-refractivity contribution in [3.05, 3.63) is 29.6 Å². The average Bonchev–Trinajstić information content (AvgIpc) is 2.31. The second kappa shape index (κ2) is 4.84. The molecule has 0 spiro atoms. The minimum absolute atomic E-state index is 0.0274. The first kappa shape index (κ1) is 12.0. The van der Waals surface area contributed by atoms with E-state index in [0.717, 1.165) is 26.2 Å². The molecule has 92 valence electrons. The fraction of sp³-hybridized carbons (Fsp3) is 0.462. The van der Waals surface area contributed by atoms with Crippen molar-refractivity contribution in [2.45, 2.75) is 6.92 Å². The Bertz CT molecular complexity index is 425. The van der Waals surface area contributed by atoms with E-state index in [4.69, 9.17) is 0 Å². The van der Waals surface area contributed by atoms with Crippen molar-refractivity contribution in [1.82, 2.24) is 4.90 Å². The molecule has 1 aliphatic rings. The maximum Gasteiger partial charge on any atom is 0.159 e. The van der Waals surface area contributed by atoms with Gasteiger partial charge in [0.15, 0.2) is 5.78 Å². The number of piperazine rings is 1. The number of anilines is 1. The summed E-state index contributed by atoms with van der Waals surface area (Å²) in [5, 5.41) is 0. The lowest BCUT2D eigenvalue weighted by Gasteiger charge is -2.34. The number of ketones is 1. The normalized spacial score (nSPS) is 17.2. The zero-order chi connectivity index (χ0) is 12.4. The molecule has 1 saturated heterocycles. The van der Waals surface area contributed by atoms with Gasteiger partial charge in [0.05, 0.1) is 5.69 Å². The maximum atomic E-state index is 13.7. The Kier molecular flexibility index (Phi) is 3.43. The zero-order valence-corrected chi connectivity index (χ0v) is 10.2. The summed E-state index contributed by atoms with van der Waals surface area (Å²) in [5.74, 6) is -0.278. The Morgan fingerprint density at radius 2 is 1.88 bits per heavy atom. The van der Waals surface area contributed by atoms with E-state index in [1.807, 2.05) is 4.90 Å². The Morgan fingerprint density at radius 1 is 1.24 bits per heavy atom. The summed E-state index contributed by atoms with van der Waals surface area (Å²) >= 11 is 0. The molecule has 0 aliphatic carbocycles. The molecule has 1 aromatic rings. The van der Waals surface area contributed by atoms with E-state index in [0.29, 0.717) is 11.3 Å². The van der Waals surface area contributed by atoms with Crippen LogP contribution in [-0.2, 0) is 0 Å². The van der Waals surface area contributed by atoms with Crippen LogP contribution in [0.3, 0.4) is 0 Å². The van der Waals surface area contributed by atoms with Crippen LogP contribution in [0.25, 0.3) is 0 Å². The lowest BCUT2D eigenvalue weighted by atomic mass is 10.1. The van der Waals surface area contributed by atoms with Gasteiger partial charge in [-0.1, -0.05) is 0 Å². The van der Waals surface area contributed by atoms with Crippen molar-refractivity contribution in [3.8, 4) is 0 Å². The molecular formula is C13H17FN2O. The highest BCUT2D eigenvalue weighted by Gasteiger charge is 2.18. The third-order valence-corrected chi connectivity index (χ3v) is 3.20. The van der Waals surface area contributed by atoms with E-state index >= 15 is 0 Å². The summed E-state index contributed by atoms with van der Waals surface area (Å²) in [6.07, 6.45) is 0. The molecule has 0 aromatic heterocycles. The molecule has 0 saturated carbocycles. The van der Waals surface area contributed by atoms with Gasteiger partial charge in [-0.2, -0.15) is 0 Å². The predicted molar refractivity (Wildman–Crippen MR) is 66.1 cm³/mol. The standard InChI is InChI=1S/C13H17FN2O/c1-10(17)11-3-4-12(14)13(9-11)16-7-5-15(2)6-8-16/h3-4,9H,5-8H2,1-2H3. The van der Waals surface area contributed by atoms with Gasteiger partial charge < -0.3 is 9.80 Å². The fourth-order valence-electron chi connectivity index (χ4n) is 2.02. The third kappa shape index (κ3) is 2.64. The van der Waals surface area contributed by atoms with Crippen LogP contribution >= 0.6 is 0 Å². The molecule has 2 rings (SSSR count). The monoisotopic (exact) mass is 236 g/mol. The van der Waals surface area contributed by atoms with Gasteiger partial charge in [0, 0.05) is 31.7 Å². The summed E-state index contributed by atoms with van der Waals surface area (Å²) in [7, 11) is 2.06. The summed E-state index contributed by atoms with van der Waals surface area (Å²) in [6, 6.07) is 4.57.